The van der Waals surface area contributed by atoms with Gasteiger partial charge in [0.05, 0.1) is 7.11 Å². The van der Waals surface area contributed by atoms with Gasteiger partial charge in [0.2, 0.25) is 0 Å². The summed E-state index contributed by atoms with van der Waals surface area (Å²) in [5, 5.41) is 2.37. The Labute approximate surface area is 113 Å². The van der Waals surface area contributed by atoms with Gasteiger partial charge in [0.15, 0.2) is 23.2 Å². The summed E-state index contributed by atoms with van der Waals surface area (Å²) in [6.07, 6.45) is 0. The molecule has 0 aliphatic carbocycles. The highest BCUT2D eigenvalue weighted by Crippen LogP contribution is 2.21. The molecule has 104 valence electrons. The van der Waals surface area contributed by atoms with Crippen LogP contribution in [0.3, 0.4) is 0 Å². The molecule has 1 amide bonds. The van der Waals surface area contributed by atoms with Crippen LogP contribution in [0.1, 0.15) is 10.4 Å². The predicted octanol–water partition coefficient (Wildman–Crippen LogP) is 3.36. The van der Waals surface area contributed by atoms with Crippen molar-refractivity contribution in [2.45, 2.75) is 0 Å². The number of amides is 1. The quantitative estimate of drug-likeness (QED) is 0.936. The zero-order valence-electron chi connectivity index (χ0n) is 10.4. The van der Waals surface area contributed by atoms with Crippen LogP contribution in [0, 0.1) is 17.5 Å². The molecule has 0 saturated heterocycles. The van der Waals surface area contributed by atoms with Gasteiger partial charge in [-0.25, -0.2) is 13.2 Å². The second-order valence-electron chi connectivity index (χ2n) is 3.93. The molecule has 0 aliphatic rings. The van der Waals surface area contributed by atoms with Crippen molar-refractivity contribution in [3.63, 3.8) is 0 Å². The van der Waals surface area contributed by atoms with Gasteiger partial charge in [-0.2, -0.15) is 0 Å². The van der Waals surface area contributed by atoms with E-state index in [0.717, 1.165) is 24.3 Å². The van der Waals surface area contributed by atoms with Crippen molar-refractivity contribution in [2.75, 3.05) is 12.4 Å². The van der Waals surface area contributed by atoms with E-state index in [1.165, 1.54) is 19.2 Å². The van der Waals surface area contributed by atoms with Gasteiger partial charge in [-0.15, -0.1) is 0 Å². The molecule has 0 saturated carbocycles. The number of methoxy groups -OCH3 is 1. The standard InChI is InChI=1S/C14H10F3NO2/c1-20-13-5-3-9(7-12(13)17)18-14(19)8-2-4-10(15)11(16)6-8/h2-7H,1H3,(H,18,19). The lowest BCUT2D eigenvalue weighted by Gasteiger charge is -2.07. The highest BCUT2D eigenvalue weighted by Gasteiger charge is 2.11. The van der Waals surface area contributed by atoms with Crippen LogP contribution in [0.25, 0.3) is 0 Å². The lowest BCUT2D eigenvalue weighted by atomic mass is 10.2. The van der Waals surface area contributed by atoms with Gasteiger partial charge in [-0.3, -0.25) is 4.79 Å². The topological polar surface area (TPSA) is 38.3 Å². The molecule has 6 heteroatoms. The highest BCUT2D eigenvalue weighted by atomic mass is 19.2. The Morgan fingerprint density at radius 1 is 1.00 bits per heavy atom. The zero-order chi connectivity index (χ0) is 14.7. The summed E-state index contributed by atoms with van der Waals surface area (Å²) >= 11 is 0. The van der Waals surface area contributed by atoms with Gasteiger partial charge in [-0.1, -0.05) is 0 Å². The number of carbonyl (C=O) groups excluding carboxylic acids is 1. The SMILES string of the molecule is COc1ccc(NC(=O)c2ccc(F)c(F)c2)cc1F. The third-order valence-corrected chi connectivity index (χ3v) is 2.59. The van der Waals surface area contributed by atoms with Crippen LogP contribution in [0.2, 0.25) is 0 Å². The van der Waals surface area contributed by atoms with Crippen LogP contribution in [-0.4, -0.2) is 13.0 Å². The first-order valence-corrected chi connectivity index (χ1v) is 5.61. The van der Waals surface area contributed by atoms with Gasteiger partial charge in [0.1, 0.15) is 0 Å². The minimum absolute atomic E-state index is 0.0378. The van der Waals surface area contributed by atoms with Crippen LogP contribution in [0.15, 0.2) is 36.4 Å². The molecule has 0 radical (unpaired) electrons. The minimum Gasteiger partial charge on any atom is -0.494 e. The largest absolute Gasteiger partial charge is 0.494 e. The van der Waals surface area contributed by atoms with E-state index in [2.05, 4.69) is 5.32 Å². The lowest BCUT2D eigenvalue weighted by molar-refractivity contribution is 0.102. The Hall–Kier alpha value is -2.50. The van der Waals surface area contributed by atoms with Crippen LogP contribution >= 0.6 is 0 Å². The van der Waals surface area contributed by atoms with Crippen LogP contribution in [-0.2, 0) is 0 Å². The van der Waals surface area contributed by atoms with E-state index >= 15 is 0 Å². The van der Waals surface area contributed by atoms with E-state index in [1.54, 1.807) is 0 Å². The third kappa shape index (κ3) is 2.90. The van der Waals surface area contributed by atoms with Crippen molar-refractivity contribution < 1.29 is 22.7 Å². The Balaban J connectivity index is 2.19. The van der Waals surface area contributed by atoms with E-state index < -0.39 is 23.4 Å². The summed E-state index contributed by atoms with van der Waals surface area (Å²) in [4.78, 5) is 11.8. The number of hydrogen-bond donors (Lipinski definition) is 1. The van der Waals surface area contributed by atoms with E-state index in [9.17, 15) is 18.0 Å². The van der Waals surface area contributed by atoms with Crippen molar-refractivity contribution in [3.8, 4) is 5.75 Å². The summed E-state index contributed by atoms with van der Waals surface area (Å²) in [6, 6.07) is 6.59. The Kier molecular flexibility index (Phi) is 3.93. The first kappa shape index (κ1) is 13.9. The molecule has 0 atom stereocenters. The molecule has 0 heterocycles. The van der Waals surface area contributed by atoms with Gasteiger partial charge < -0.3 is 10.1 Å². The van der Waals surface area contributed by atoms with Crippen molar-refractivity contribution in [3.05, 3.63) is 59.4 Å². The van der Waals surface area contributed by atoms with E-state index in [1.807, 2.05) is 0 Å². The third-order valence-electron chi connectivity index (χ3n) is 2.59. The van der Waals surface area contributed by atoms with Gasteiger partial charge >= 0.3 is 0 Å². The first-order chi connectivity index (χ1) is 9.51. The smallest absolute Gasteiger partial charge is 0.255 e. The Morgan fingerprint density at radius 3 is 2.35 bits per heavy atom. The number of anilines is 1. The minimum atomic E-state index is -1.13. The number of rotatable bonds is 3. The number of carbonyl (C=O) groups is 1. The molecular formula is C14H10F3NO2. The second kappa shape index (κ2) is 5.64. The van der Waals surface area contributed by atoms with Crippen molar-refractivity contribution in [1.82, 2.24) is 0 Å². The fourth-order valence-electron chi connectivity index (χ4n) is 1.58. The number of nitrogens with one attached hydrogen (secondary N) is 1. The van der Waals surface area contributed by atoms with Gasteiger partial charge in [0.25, 0.3) is 5.91 Å². The summed E-state index contributed by atoms with van der Waals surface area (Å²) in [5.41, 5.74) is 0.109. The molecule has 0 bridgehead atoms. The fraction of sp³-hybridized carbons (Fsp3) is 0.0714. The number of ether oxygens (including phenoxy) is 1. The molecule has 0 aliphatic heterocycles. The van der Waals surface area contributed by atoms with Crippen LogP contribution < -0.4 is 10.1 Å². The molecule has 2 rings (SSSR count). The summed E-state index contributed by atoms with van der Waals surface area (Å²) in [7, 11) is 1.32. The molecule has 0 aromatic heterocycles. The Morgan fingerprint density at radius 2 is 1.75 bits per heavy atom. The fourth-order valence-corrected chi connectivity index (χ4v) is 1.58. The maximum atomic E-state index is 13.4. The van der Waals surface area contributed by atoms with E-state index in [-0.39, 0.29) is 17.0 Å². The number of benzene rings is 2. The Bertz CT molecular complexity index is 659. The lowest BCUT2D eigenvalue weighted by Crippen LogP contribution is -2.12. The highest BCUT2D eigenvalue weighted by molar-refractivity contribution is 6.04. The molecular weight excluding hydrogens is 271 g/mol. The molecule has 0 spiro atoms. The predicted molar refractivity (Wildman–Crippen MR) is 67.3 cm³/mol. The van der Waals surface area contributed by atoms with Crippen molar-refractivity contribution in [2.24, 2.45) is 0 Å². The average Bonchev–Trinajstić information content (AvgIpc) is 2.42. The van der Waals surface area contributed by atoms with E-state index in [4.69, 9.17) is 4.74 Å². The normalized spacial score (nSPS) is 10.2. The summed E-state index contributed by atoms with van der Waals surface area (Å²) in [6.45, 7) is 0. The molecule has 2 aromatic carbocycles. The van der Waals surface area contributed by atoms with Crippen LogP contribution in [0.4, 0.5) is 18.9 Å². The molecule has 3 nitrogen and oxygen atoms in total. The second-order valence-corrected chi connectivity index (χ2v) is 3.93. The average molecular weight is 281 g/mol. The van der Waals surface area contributed by atoms with Crippen molar-refractivity contribution >= 4 is 11.6 Å². The first-order valence-electron chi connectivity index (χ1n) is 5.61. The number of hydrogen-bond acceptors (Lipinski definition) is 2. The van der Waals surface area contributed by atoms with Crippen molar-refractivity contribution in [1.29, 1.82) is 0 Å². The van der Waals surface area contributed by atoms with Gasteiger partial charge in [0, 0.05) is 17.3 Å². The summed E-state index contributed by atoms with van der Waals surface area (Å²) in [5.74, 6) is -3.45. The maximum absolute atomic E-state index is 13.4. The molecule has 20 heavy (non-hydrogen) atoms. The molecule has 0 fully saturated rings. The zero-order valence-corrected chi connectivity index (χ0v) is 10.4. The maximum Gasteiger partial charge on any atom is 0.255 e. The number of halogens is 3. The van der Waals surface area contributed by atoms with Crippen LogP contribution in [0.5, 0.6) is 5.75 Å². The van der Waals surface area contributed by atoms with Gasteiger partial charge in [-0.05, 0) is 30.3 Å². The molecule has 1 N–H and O–H groups in total. The summed E-state index contributed by atoms with van der Waals surface area (Å²) < 4.78 is 43.9. The molecule has 2 aromatic rings. The molecule has 0 unspecified atom stereocenters. The monoisotopic (exact) mass is 281 g/mol. The van der Waals surface area contributed by atoms with E-state index in [0.29, 0.717) is 0 Å².